The van der Waals surface area contributed by atoms with Gasteiger partial charge in [0.25, 0.3) is 0 Å². The van der Waals surface area contributed by atoms with Crippen molar-refractivity contribution in [2.24, 2.45) is 5.41 Å². The molecule has 0 N–H and O–H groups in total. The molecule has 0 saturated carbocycles. The van der Waals surface area contributed by atoms with Crippen LogP contribution in [0.1, 0.15) is 40.0 Å². The minimum absolute atomic E-state index is 0.134. The molecule has 3 heteroatoms. The second-order valence-electron chi connectivity index (χ2n) is 4.82. The highest BCUT2D eigenvalue weighted by atomic mass is 16.5. The monoisotopic (exact) mass is 215 g/mol. The summed E-state index contributed by atoms with van der Waals surface area (Å²) in [6, 6.07) is 0. The molecule has 0 saturated heterocycles. The summed E-state index contributed by atoms with van der Waals surface area (Å²) >= 11 is 0. The summed E-state index contributed by atoms with van der Waals surface area (Å²) in [6.45, 7) is 7.85. The third-order valence-electron chi connectivity index (χ3n) is 2.55. The van der Waals surface area contributed by atoms with E-state index in [9.17, 15) is 4.79 Å². The summed E-state index contributed by atoms with van der Waals surface area (Å²) in [5.74, 6) is -0.134. The van der Waals surface area contributed by atoms with Crippen LogP contribution in [-0.4, -0.2) is 38.1 Å². The summed E-state index contributed by atoms with van der Waals surface area (Å²) in [5.41, 5.74) is -0.407. The predicted molar refractivity (Wildman–Crippen MR) is 62.8 cm³/mol. The molecule has 3 nitrogen and oxygen atoms in total. The lowest BCUT2D eigenvalue weighted by molar-refractivity contribution is -0.151. The molecule has 15 heavy (non-hydrogen) atoms. The fourth-order valence-electron chi connectivity index (χ4n) is 1.73. The average Bonchev–Trinajstić information content (AvgIpc) is 2.16. The van der Waals surface area contributed by atoms with Gasteiger partial charge in [0.15, 0.2) is 0 Å². The first-order valence-electron chi connectivity index (χ1n) is 5.71. The lowest BCUT2D eigenvalue weighted by Crippen LogP contribution is -2.38. The van der Waals surface area contributed by atoms with Gasteiger partial charge >= 0.3 is 5.97 Å². The third kappa shape index (κ3) is 5.78. The van der Waals surface area contributed by atoms with Crippen LogP contribution in [0.4, 0.5) is 0 Å². The molecule has 0 radical (unpaired) electrons. The first-order chi connectivity index (χ1) is 6.94. The van der Waals surface area contributed by atoms with E-state index in [0.29, 0.717) is 0 Å². The van der Waals surface area contributed by atoms with E-state index in [0.717, 1.165) is 13.1 Å². The van der Waals surface area contributed by atoms with Crippen molar-refractivity contribution < 1.29 is 9.53 Å². The van der Waals surface area contributed by atoms with Gasteiger partial charge in [0, 0.05) is 6.54 Å². The molecular weight excluding hydrogens is 190 g/mol. The van der Waals surface area contributed by atoms with Crippen LogP contribution >= 0.6 is 0 Å². The SMILES string of the molecule is CCCCCN(C)CC(C)(C)C(=O)OC. The fourth-order valence-corrected chi connectivity index (χ4v) is 1.73. The number of hydrogen-bond acceptors (Lipinski definition) is 3. The smallest absolute Gasteiger partial charge is 0.312 e. The highest BCUT2D eigenvalue weighted by Gasteiger charge is 2.29. The van der Waals surface area contributed by atoms with Crippen LogP contribution in [0, 0.1) is 5.41 Å². The number of hydrogen-bond donors (Lipinski definition) is 0. The van der Waals surface area contributed by atoms with Crippen molar-refractivity contribution in [1.82, 2.24) is 4.90 Å². The Labute approximate surface area is 93.8 Å². The summed E-state index contributed by atoms with van der Waals surface area (Å²) in [4.78, 5) is 13.7. The van der Waals surface area contributed by atoms with Crippen molar-refractivity contribution in [3.63, 3.8) is 0 Å². The number of nitrogens with zero attached hydrogens (tertiary/aromatic N) is 1. The molecule has 90 valence electrons. The zero-order valence-electron chi connectivity index (χ0n) is 10.8. The lowest BCUT2D eigenvalue weighted by Gasteiger charge is -2.27. The standard InChI is InChI=1S/C12H25NO2/c1-6-7-8-9-13(4)10-12(2,3)11(14)15-5/h6-10H2,1-5H3. The molecule has 0 aliphatic carbocycles. The molecule has 0 aromatic carbocycles. The Hall–Kier alpha value is -0.570. The first-order valence-corrected chi connectivity index (χ1v) is 5.71. The van der Waals surface area contributed by atoms with Gasteiger partial charge in [-0.05, 0) is 33.9 Å². The average molecular weight is 215 g/mol. The number of carbonyl (C=O) groups is 1. The molecule has 0 aliphatic heterocycles. The van der Waals surface area contributed by atoms with Gasteiger partial charge in [0.2, 0.25) is 0 Å². The van der Waals surface area contributed by atoms with Crippen LogP contribution in [0.25, 0.3) is 0 Å². The molecule has 0 bridgehead atoms. The maximum absolute atomic E-state index is 11.5. The van der Waals surface area contributed by atoms with Crippen LogP contribution in [-0.2, 0) is 9.53 Å². The highest BCUT2D eigenvalue weighted by molar-refractivity contribution is 5.76. The Morgan fingerprint density at radius 1 is 1.33 bits per heavy atom. The third-order valence-corrected chi connectivity index (χ3v) is 2.55. The van der Waals surface area contributed by atoms with E-state index in [1.165, 1.54) is 26.4 Å². The number of carbonyl (C=O) groups excluding carboxylic acids is 1. The van der Waals surface area contributed by atoms with Gasteiger partial charge < -0.3 is 9.64 Å². The van der Waals surface area contributed by atoms with Gasteiger partial charge in [-0.1, -0.05) is 19.8 Å². The lowest BCUT2D eigenvalue weighted by atomic mass is 9.93. The van der Waals surface area contributed by atoms with Crippen molar-refractivity contribution in [1.29, 1.82) is 0 Å². The van der Waals surface area contributed by atoms with E-state index >= 15 is 0 Å². The second kappa shape index (κ2) is 6.83. The largest absolute Gasteiger partial charge is 0.469 e. The molecule has 0 unspecified atom stereocenters. The molecule has 0 heterocycles. The maximum atomic E-state index is 11.5. The predicted octanol–water partition coefficient (Wildman–Crippen LogP) is 2.31. The summed E-state index contributed by atoms with van der Waals surface area (Å²) in [5, 5.41) is 0. The Kier molecular flexibility index (Phi) is 6.57. The Morgan fingerprint density at radius 3 is 2.40 bits per heavy atom. The highest BCUT2D eigenvalue weighted by Crippen LogP contribution is 2.18. The Balaban J connectivity index is 3.93. The number of rotatable bonds is 7. The number of methoxy groups -OCH3 is 1. The maximum Gasteiger partial charge on any atom is 0.312 e. The van der Waals surface area contributed by atoms with Crippen LogP contribution in [0.5, 0.6) is 0 Å². The quantitative estimate of drug-likeness (QED) is 0.482. The van der Waals surface area contributed by atoms with Crippen molar-refractivity contribution in [3.05, 3.63) is 0 Å². The molecule has 0 amide bonds. The first kappa shape index (κ1) is 14.4. The number of unbranched alkanes of at least 4 members (excludes halogenated alkanes) is 2. The fraction of sp³-hybridized carbons (Fsp3) is 0.917. The number of ether oxygens (including phenoxy) is 1. The van der Waals surface area contributed by atoms with E-state index < -0.39 is 5.41 Å². The van der Waals surface area contributed by atoms with E-state index in [1.807, 2.05) is 13.8 Å². The van der Waals surface area contributed by atoms with E-state index in [2.05, 4.69) is 18.9 Å². The topological polar surface area (TPSA) is 29.5 Å². The zero-order chi connectivity index (χ0) is 11.9. The van der Waals surface area contributed by atoms with Gasteiger partial charge in [-0.2, -0.15) is 0 Å². The van der Waals surface area contributed by atoms with Gasteiger partial charge in [0.1, 0.15) is 0 Å². The van der Waals surface area contributed by atoms with E-state index in [4.69, 9.17) is 4.74 Å². The van der Waals surface area contributed by atoms with Gasteiger partial charge in [0.05, 0.1) is 12.5 Å². The second-order valence-corrected chi connectivity index (χ2v) is 4.82. The Bertz CT molecular complexity index is 190. The molecule has 0 aliphatic rings. The van der Waals surface area contributed by atoms with Crippen LogP contribution in [0.15, 0.2) is 0 Å². The molecular formula is C12H25NO2. The molecule has 0 rings (SSSR count). The van der Waals surface area contributed by atoms with E-state index in [1.54, 1.807) is 0 Å². The van der Waals surface area contributed by atoms with Crippen molar-refractivity contribution >= 4 is 5.97 Å². The summed E-state index contributed by atoms with van der Waals surface area (Å²) in [6.07, 6.45) is 3.68. The number of esters is 1. The van der Waals surface area contributed by atoms with Crippen molar-refractivity contribution in [2.75, 3.05) is 27.2 Å². The van der Waals surface area contributed by atoms with Gasteiger partial charge in [-0.15, -0.1) is 0 Å². The molecule has 0 spiro atoms. The van der Waals surface area contributed by atoms with Crippen LogP contribution < -0.4 is 0 Å². The van der Waals surface area contributed by atoms with Crippen molar-refractivity contribution in [3.8, 4) is 0 Å². The zero-order valence-corrected chi connectivity index (χ0v) is 10.8. The summed E-state index contributed by atoms with van der Waals surface area (Å²) < 4.78 is 4.78. The normalized spacial score (nSPS) is 11.9. The Morgan fingerprint density at radius 2 is 1.93 bits per heavy atom. The van der Waals surface area contributed by atoms with Crippen molar-refractivity contribution in [2.45, 2.75) is 40.0 Å². The van der Waals surface area contributed by atoms with Gasteiger partial charge in [-0.25, -0.2) is 0 Å². The van der Waals surface area contributed by atoms with E-state index in [-0.39, 0.29) is 5.97 Å². The van der Waals surface area contributed by atoms with Crippen LogP contribution in [0.3, 0.4) is 0 Å². The van der Waals surface area contributed by atoms with Gasteiger partial charge in [-0.3, -0.25) is 4.79 Å². The molecule has 0 fully saturated rings. The summed E-state index contributed by atoms with van der Waals surface area (Å²) in [7, 11) is 3.50. The minimum atomic E-state index is -0.407. The minimum Gasteiger partial charge on any atom is -0.469 e. The molecule has 0 atom stereocenters. The van der Waals surface area contributed by atoms with Crippen LogP contribution in [0.2, 0.25) is 0 Å². The molecule has 0 aromatic heterocycles. The molecule has 0 aromatic rings.